The largest absolute Gasteiger partial charge is 0.321 e. The smallest absolute Gasteiger partial charge is 0.275 e. The summed E-state index contributed by atoms with van der Waals surface area (Å²) >= 11 is 6.75. The van der Waals surface area contributed by atoms with Gasteiger partial charge in [-0.25, -0.2) is 0 Å². The Balaban J connectivity index is 1.77. The lowest BCUT2D eigenvalue weighted by Gasteiger charge is -2.09. The first-order valence-electron chi connectivity index (χ1n) is 7.36. The number of hydrogen-bond donors (Lipinski definition) is 1. The van der Waals surface area contributed by atoms with E-state index in [2.05, 4.69) is 47.4 Å². The fourth-order valence-corrected chi connectivity index (χ4v) is 3.18. The summed E-state index contributed by atoms with van der Waals surface area (Å²) < 4.78 is 5.10. The maximum Gasteiger partial charge on any atom is 0.275 e. The number of nitrogens with zero attached hydrogens (tertiary/aromatic N) is 4. The van der Waals surface area contributed by atoms with Gasteiger partial charge in [-0.3, -0.25) is 14.2 Å². The van der Waals surface area contributed by atoms with Gasteiger partial charge in [-0.15, -0.1) is 0 Å². The Kier molecular flexibility index (Phi) is 5.15. The van der Waals surface area contributed by atoms with Crippen molar-refractivity contribution < 1.29 is 4.79 Å². The van der Waals surface area contributed by atoms with Crippen molar-refractivity contribution in [3.63, 3.8) is 0 Å². The van der Waals surface area contributed by atoms with Crippen molar-refractivity contribution in [1.82, 2.24) is 19.6 Å². The lowest BCUT2D eigenvalue weighted by atomic mass is 10.2. The van der Waals surface area contributed by atoms with Gasteiger partial charge in [-0.05, 0) is 56.5 Å². The van der Waals surface area contributed by atoms with Crippen molar-refractivity contribution in [2.45, 2.75) is 20.0 Å². The second-order valence-electron chi connectivity index (χ2n) is 5.17. The molecule has 0 aliphatic carbocycles. The number of rotatable bonds is 5. The molecule has 0 saturated heterocycles. The van der Waals surface area contributed by atoms with Gasteiger partial charge in [0.15, 0.2) is 0 Å². The highest BCUT2D eigenvalue weighted by atomic mass is 79.9. The summed E-state index contributed by atoms with van der Waals surface area (Å²) in [6.07, 6.45) is 5.28. The maximum atomic E-state index is 12.5. The molecule has 3 rings (SSSR count). The van der Waals surface area contributed by atoms with Crippen LogP contribution in [0.3, 0.4) is 0 Å². The second-order valence-corrected chi connectivity index (χ2v) is 6.94. The summed E-state index contributed by atoms with van der Waals surface area (Å²) in [6, 6.07) is 7.71. The van der Waals surface area contributed by atoms with E-state index in [4.69, 9.17) is 0 Å². The van der Waals surface area contributed by atoms with Crippen LogP contribution in [0.1, 0.15) is 23.0 Å². The Hall–Kier alpha value is -1.93. The van der Waals surface area contributed by atoms with E-state index in [9.17, 15) is 4.79 Å². The molecule has 1 amide bonds. The van der Waals surface area contributed by atoms with Crippen LogP contribution in [0.15, 0.2) is 51.8 Å². The van der Waals surface area contributed by atoms with Gasteiger partial charge in [0.25, 0.3) is 5.91 Å². The molecule has 0 aliphatic heterocycles. The van der Waals surface area contributed by atoms with Crippen molar-refractivity contribution in [2.75, 3.05) is 5.32 Å². The first-order chi connectivity index (χ1) is 11.6. The molecule has 3 aromatic rings. The number of aromatic nitrogens is 4. The molecule has 0 saturated carbocycles. The lowest BCUT2D eigenvalue weighted by molar-refractivity contribution is 0.101. The minimum atomic E-state index is -0.194. The normalized spacial score (nSPS) is 10.8. The van der Waals surface area contributed by atoms with Crippen LogP contribution in [0, 0.1) is 0 Å². The van der Waals surface area contributed by atoms with Crippen LogP contribution in [-0.4, -0.2) is 25.5 Å². The molecule has 0 radical (unpaired) electrons. The van der Waals surface area contributed by atoms with E-state index in [-0.39, 0.29) is 5.91 Å². The summed E-state index contributed by atoms with van der Waals surface area (Å²) in [5, 5.41) is 11.3. The van der Waals surface area contributed by atoms with E-state index in [1.54, 1.807) is 17.1 Å². The fourth-order valence-electron chi connectivity index (χ4n) is 2.38. The molecule has 0 aliphatic rings. The average molecular weight is 453 g/mol. The first kappa shape index (κ1) is 16.9. The van der Waals surface area contributed by atoms with Gasteiger partial charge in [0.1, 0.15) is 5.69 Å². The predicted molar refractivity (Wildman–Crippen MR) is 99.0 cm³/mol. The summed E-state index contributed by atoms with van der Waals surface area (Å²) in [6.45, 7) is 3.20. The number of carbonyl (C=O) groups excluding carboxylic acids is 1. The molecule has 0 fully saturated rings. The van der Waals surface area contributed by atoms with Gasteiger partial charge in [-0.1, -0.05) is 12.1 Å². The van der Waals surface area contributed by atoms with E-state index >= 15 is 0 Å². The Labute approximate surface area is 156 Å². The quantitative estimate of drug-likeness (QED) is 0.637. The highest BCUT2D eigenvalue weighted by Gasteiger charge is 2.16. The van der Waals surface area contributed by atoms with Crippen molar-refractivity contribution >= 4 is 43.5 Å². The van der Waals surface area contributed by atoms with E-state index in [1.807, 2.05) is 42.1 Å². The number of anilines is 1. The zero-order valence-electron chi connectivity index (χ0n) is 12.9. The van der Waals surface area contributed by atoms with Crippen LogP contribution in [-0.2, 0) is 13.1 Å². The topological polar surface area (TPSA) is 64.7 Å². The Morgan fingerprint density at radius 3 is 2.79 bits per heavy atom. The van der Waals surface area contributed by atoms with Gasteiger partial charge in [0.05, 0.1) is 27.9 Å². The van der Waals surface area contributed by atoms with Gasteiger partial charge in [0.2, 0.25) is 0 Å². The van der Waals surface area contributed by atoms with Crippen LogP contribution in [0.25, 0.3) is 0 Å². The van der Waals surface area contributed by atoms with Crippen molar-refractivity contribution in [3.05, 3.63) is 63.1 Å². The number of hydrogen-bond acceptors (Lipinski definition) is 3. The van der Waals surface area contributed by atoms with Crippen molar-refractivity contribution in [2.24, 2.45) is 0 Å². The van der Waals surface area contributed by atoms with Crippen molar-refractivity contribution in [1.29, 1.82) is 0 Å². The average Bonchev–Trinajstić information content (AvgIpc) is 3.13. The molecular weight excluding hydrogens is 438 g/mol. The minimum Gasteiger partial charge on any atom is -0.321 e. The highest BCUT2D eigenvalue weighted by molar-refractivity contribution is 9.10. The third-order valence-electron chi connectivity index (χ3n) is 3.44. The fraction of sp³-hybridized carbons (Fsp3) is 0.188. The zero-order chi connectivity index (χ0) is 17.1. The third-order valence-corrected chi connectivity index (χ3v) is 4.43. The second kappa shape index (κ2) is 7.31. The Morgan fingerprint density at radius 1 is 1.25 bits per heavy atom. The summed E-state index contributed by atoms with van der Waals surface area (Å²) in [4.78, 5) is 12.5. The van der Waals surface area contributed by atoms with Crippen LogP contribution in [0.5, 0.6) is 0 Å². The number of benzene rings is 1. The lowest BCUT2D eigenvalue weighted by Crippen LogP contribution is -2.18. The van der Waals surface area contributed by atoms with E-state index in [1.165, 1.54) is 0 Å². The summed E-state index contributed by atoms with van der Waals surface area (Å²) in [5.41, 5.74) is 2.30. The molecule has 2 heterocycles. The molecule has 2 aromatic heterocycles. The highest BCUT2D eigenvalue weighted by Crippen LogP contribution is 2.19. The number of aryl methyl sites for hydroxylation is 1. The zero-order valence-corrected chi connectivity index (χ0v) is 16.1. The molecule has 1 N–H and O–H groups in total. The van der Waals surface area contributed by atoms with Gasteiger partial charge in [-0.2, -0.15) is 10.2 Å². The third kappa shape index (κ3) is 3.76. The van der Waals surface area contributed by atoms with Crippen molar-refractivity contribution in [3.8, 4) is 0 Å². The summed E-state index contributed by atoms with van der Waals surface area (Å²) in [5.74, 6) is -0.194. The molecule has 8 heteroatoms. The van der Waals surface area contributed by atoms with E-state index < -0.39 is 0 Å². The number of carbonyl (C=O) groups is 1. The standard InChI is InChI=1S/C16H15Br2N5O/c1-2-23-15(14(18)8-20-23)16(24)21-13-5-3-4-11(6-13)9-22-10-12(17)7-19-22/h3-8,10H,2,9H2,1H3,(H,21,24). The molecular formula is C16H15Br2N5O. The summed E-state index contributed by atoms with van der Waals surface area (Å²) in [7, 11) is 0. The maximum absolute atomic E-state index is 12.5. The molecule has 24 heavy (non-hydrogen) atoms. The van der Waals surface area contributed by atoms with Crippen LogP contribution in [0.2, 0.25) is 0 Å². The first-order valence-corrected chi connectivity index (χ1v) is 8.95. The van der Waals surface area contributed by atoms with Gasteiger partial charge in [0, 0.05) is 18.4 Å². The van der Waals surface area contributed by atoms with Gasteiger partial charge >= 0.3 is 0 Å². The Bertz CT molecular complexity index is 871. The van der Waals surface area contributed by atoms with Crippen LogP contribution < -0.4 is 5.32 Å². The van der Waals surface area contributed by atoms with E-state index in [0.29, 0.717) is 23.3 Å². The molecule has 0 spiro atoms. The monoisotopic (exact) mass is 451 g/mol. The Morgan fingerprint density at radius 2 is 2.08 bits per heavy atom. The molecule has 0 bridgehead atoms. The number of nitrogens with one attached hydrogen (secondary N) is 1. The molecule has 0 atom stereocenters. The predicted octanol–water partition coefficient (Wildman–Crippen LogP) is 3.93. The number of halogens is 2. The van der Waals surface area contributed by atoms with Gasteiger partial charge < -0.3 is 5.32 Å². The van der Waals surface area contributed by atoms with Crippen LogP contribution >= 0.6 is 31.9 Å². The molecule has 124 valence electrons. The molecule has 0 unspecified atom stereocenters. The molecule has 1 aromatic carbocycles. The molecule has 6 nitrogen and oxygen atoms in total. The number of amides is 1. The van der Waals surface area contributed by atoms with Crippen LogP contribution in [0.4, 0.5) is 5.69 Å². The SMILES string of the molecule is CCn1ncc(Br)c1C(=O)Nc1cccc(Cn2cc(Br)cn2)c1. The minimum absolute atomic E-state index is 0.194. The van der Waals surface area contributed by atoms with E-state index in [0.717, 1.165) is 15.7 Å².